The van der Waals surface area contributed by atoms with E-state index in [-0.39, 0.29) is 10.8 Å². The lowest BCUT2D eigenvalue weighted by Crippen LogP contribution is -2.16. The van der Waals surface area contributed by atoms with Crippen molar-refractivity contribution >= 4 is 55.7 Å². The number of anilines is 6. The summed E-state index contributed by atoms with van der Waals surface area (Å²) in [7, 11) is 0. The monoisotopic (exact) mass is 832 g/mol. The lowest BCUT2D eigenvalue weighted by molar-refractivity contribution is 0.590. The van der Waals surface area contributed by atoms with Gasteiger partial charge < -0.3 is 9.80 Å². The summed E-state index contributed by atoms with van der Waals surface area (Å²) in [5.41, 5.74) is 17.1. The van der Waals surface area contributed by atoms with Crippen LogP contribution in [0, 0.1) is 13.8 Å². The molecule has 0 saturated heterocycles. The Morgan fingerprint density at radius 1 is 0.312 bits per heavy atom. The Morgan fingerprint density at radius 3 is 0.938 bits per heavy atom. The van der Waals surface area contributed by atoms with Crippen molar-refractivity contribution in [3.8, 4) is 0 Å². The van der Waals surface area contributed by atoms with Gasteiger partial charge in [0.25, 0.3) is 0 Å². The molecule has 9 rings (SSSR count). The van der Waals surface area contributed by atoms with Gasteiger partial charge in [0, 0.05) is 44.3 Å². The maximum atomic E-state index is 2.51. The Morgan fingerprint density at radius 2 is 0.625 bits per heavy atom. The molecule has 0 N–H and O–H groups in total. The molecule has 0 aromatic heterocycles. The van der Waals surface area contributed by atoms with Crippen LogP contribution in [0.3, 0.4) is 0 Å². The van der Waals surface area contributed by atoms with Crippen molar-refractivity contribution in [1.29, 1.82) is 0 Å². The third kappa shape index (κ3) is 8.84. The quantitative estimate of drug-likeness (QED) is 0.100. The van der Waals surface area contributed by atoms with Gasteiger partial charge >= 0.3 is 0 Å². The van der Waals surface area contributed by atoms with E-state index in [2.05, 4.69) is 259 Å². The Bertz CT molecular complexity index is 2810. The van der Waals surface area contributed by atoms with Crippen molar-refractivity contribution in [3.05, 3.63) is 239 Å². The maximum absolute atomic E-state index is 2.51. The van der Waals surface area contributed by atoms with Crippen molar-refractivity contribution in [1.82, 2.24) is 0 Å². The van der Waals surface area contributed by atoms with Crippen molar-refractivity contribution in [3.63, 3.8) is 0 Å². The maximum Gasteiger partial charge on any atom is 0.0620 e. The molecule has 2 heteroatoms. The van der Waals surface area contributed by atoms with Crippen molar-refractivity contribution < 1.29 is 0 Å². The fraction of sp³-hybridized carbons (Fsp3) is 0.194. The van der Waals surface area contributed by atoms with Gasteiger partial charge in [-0.3, -0.25) is 0 Å². The van der Waals surface area contributed by atoms with Gasteiger partial charge in [0.1, 0.15) is 0 Å². The Labute approximate surface area is 381 Å². The summed E-state index contributed by atoms with van der Waals surface area (Å²) in [5, 5.41) is 4.80. The molecule has 0 spiro atoms. The molecule has 9 aromatic carbocycles. The first-order chi connectivity index (χ1) is 30.8. The number of hydrogen-bond donors (Lipinski definition) is 0. The van der Waals surface area contributed by atoms with E-state index in [1.807, 2.05) is 0 Å². The minimum absolute atomic E-state index is 0.0281. The molecule has 0 radical (unpaired) electrons. The van der Waals surface area contributed by atoms with Gasteiger partial charge in [-0.2, -0.15) is 0 Å². The topological polar surface area (TPSA) is 6.48 Å². The van der Waals surface area contributed by atoms with Gasteiger partial charge in [-0.1, -0.05) is 186 Å². The summed E-state index contributed by atoms with van der Waals surface area (Å²) in [6.07, 6.45) is 1.67. The Balaban J connectivity index is 1.42. The highest BCUT2D eigenvalue weighted by Gasteiger charge is 2.27. The molecular formula is C62H60N2. The van der Waals surface area contributed by atoms with Crippen LogP contribution in [0.4, 0.5) is 34.1 Å². The number of aryl methyl sites for hydroxylation is 2. The van der Waals surface area contributed by atoms with E-state index in [0.29, 0.717) is 0 Å². The van der Waals surface area contributed by atoms with E-state index in [0.717, 1.165) is 35.6 Å². The molecule has 0 amide bonds. The van der Waals surface area contributed by atoms with Crippen LogP contribution in [0.15, 0.2) is 194 Å². The van der Waals surface area contributed by atoms with Crippen LogP contribution in [0.2, 0.25) is 0 Å². The molecule has 0 aliphatic carbocycles. The second kappa shape index (κ2) is 17.3. The molecule has 64 heavy (non-hydrogen) atoms. The third-order valence-electron chi connectivity index (χ3n) is 12.7. The second-order valence-electron chi connectivity index (χ2n) is 19.7. The van der Waals surface area contributed by atoms with Crippen LogP contribution in [0.1, 0.15) is 86.1 Å². The summed E-state index contributed by atoms with van der Waals surface area (Å²) >= 11 is 0. The highest BCUT2D eigenvalue weighted by molar-refractivity contribution is 6.23. The van der Waals surface area contributed by atoms with Crippen molar-refractivity contribution in [2.75, 3.05) is 9.80 Å². The number of fused-ring (bicyclic) bond motifs is 2. The Kier molecular flexibility index (Phi) is 11.5. The smallest absolute Gasteiger partial charge is 0.0620 e. The molecule has 0 atom stereocenters. The Hall–Kier alpha value is -6.90. The van der Waals surface area contributed by atoms with E-state index in [1.165, 1.54) is 77.4 Å². The molecule has 2 nitrogen and oxygen atoms in total. The van der Waals surface area contributed by atoms with Crippen molar-refractivity contribution in [2.24, 2.45) is 0 Å². The highest BCUT2D eigenvalue weighted by Crippen LogP contribution is 2.52. The van der Waals surface area contributed by atoms with Crippen LogP contribution in [-0.2, 0) is 23.7 Å². The predicted molar refractivity (Wildman–Crippen MR) is 276 cm³/mol. The first-order valence-electron chi connectivity index (χ1n) is 22.8. The van der Waals surface area contributed by atoms with E-state index in [4.69, 9.17) is 0 Å². The van der Waals surface area contributed by atoms with E-state index < -0.39 is 0 Å². The molecule has 0 fully saturated rings. The van der Waals surface area contributed by atoms with Crippen LogP contribution >= 0.6 is 0 Å². The van der Waals surface area contributed by atoms with Gasteiger partial charge in [0.15, 0.2) is 0 Å². The van der Waals surface area contributed by atoms with Crippen LogP contribution in [0.25, 0.3) is 21.5 Å². The molecule has 0 aliphatic heterocycles. The fourth-order valence-corrected chi connectivity index (χ4v) is 9.07. The van der Waals surface area contributed by atoms with Crippen LogP contribution < -0.4 is 9.80 Å². The normalized spacial score (nSPS) is 11.9. The average molecular weight is 833 g/mol. The highest BCUT2D eigenvalue weighted by atomic mass is 15.2. The fourth-order valence-electron chi connectivity index (χ4n) is 9.07. The van der Waals surface area contributed by atoms with Gasteiger partial charge in [-0.15, -0.1) is 0 Å². The van der Waals surface area contributed by atoms with Gasteiger partial charge in [0.05, 0.1) is 11.4 Å². The first kappa shape index (κ1) is 42.4. The molecule has 0 aliphatic rings. The lowest BCUT2D eigenvalue weighted by Gasteiger charge is -2.34. The van der Waals surface area contributed by atoms with Crippen molar-refractivity contribution in [2.45, 2.75) is 79.1 Å². The number of nitrogens with zero attached hydrogens (tertiary/aromatic N) is 2. The summed E-state index contributed by atoms with van der Waals surface area (Å²) in [5.74, 6) is 0. The van der Waals surface area contributed by atoms with E-state index in [9.17, 15) is 0 Å². The van der Waals surface area contributed by atoms with Gasteiger partial charge in [0.2, 0.25) is 0 Å². The van der Waals surface area contributed by atoms with Crippen LogP contribution in [0.5, 0.6) is 0 Å². The zero-order chi connectivity index (χ0) is 44.6. The molecule has 0 bridgehead atoms. The second-order valence-corrected chi connectivity index (χ2v) is 19.7. The van der Waals surface area contributed by atoms with E-state index in [1.54, 1.807) is 0 Å². The SMILES string of the molecule is Cc1ccc(N(c2ccc(C(C)(C)C)cc2)c2c3ccc(Cc4ccccc4)cc3c(N(c3ccc(C)cc3)c3ccc(C(C)(C)C)cc3)c3ccc(Cc4ccccc4)cc23)cc1. The van der Waals surface area contributed by atoms with Gasteiger partial charge in [-0.05, 0) is 132 Å². The zero-order valence-electron chi connectivity index (χ0n) is 38.8. The minimum atomic E-state index is 0.0281. The zero-order valence-corrected chi connectivity index (χ0v) is 38.8. The predicted octanol–water partition coefficient (Wildman–Crippen LogP) is 17.3. The number of hydrogen-bond acceptors (Lipinski definition) is 2. The van der Waals surface area contributed by atoms with Gasteiger partial charge in [-0.25, -0.2) is 0 Å². The van der Waals surface area contributed by atoms with E-state index >= 15 is 0 Å². The summed E-state index contributed by atoms with van der Waals surface area (Å²) in [4.78, 5) is 5.02. The number of benzene rings is 9. The molecule has 9 aromatic rings. The average Bonchev–Trinajstić information content (AvgIpc) is 3.29. The lowest BCUT2D eigenvalue weighted by atomic mass is 9.86. The largest absolute Gasteiger partial charge is 0.309 e. The summed E-state index contributed by atoms with van der Waals surface area (Å²) < 4.78 is 0. The molecule has 0 unspecified atom stereocenters. The summed E-state index contributed by atoms with van der Waals surface area (Å²) in [6, 6.07) is 72.8. The molecular weight excluding hydrogens is 773 g/mol. The summed E-state index contributed by atoms with van der Waals surface area (Å²) in [6.45, 7) is 18.1. The molecule has 0 heterocycles. The standard InChI is InChI=1S/C62H60N2/c1-43-19-29-51(30-20-43)63(53-33-25-49(26-34-53)61(3,4)5)59-55-37-23-48(40-46-17-13-10-14-18-46)42-58(55)60(56-38-24-47(41-57(56)59)39-45-15-11-9-12-16-45)64(52-31-21-44(2)22-32-52)54-35-27-50(28-36-54)62(6,7)8/h9-38,41-42H,39-40H2,1-8H3. The third-order valence-corrected chi connectivity index (χ3v) is 12.7. The number of rotatable bonds is 10. The molecule has 318 valence electrons. The van der Waals surface area contributed by atoms with Crippen LogP contribution in [-0.4, -0.2) is 0 Å². The minimum Gasteiger partial charge on any atom is -0.309 e. The first-order valence-corrected chi connectivity index (χ1v) is 22.8. The molecule has 0 saturated carbocycles.